The van der Waals surface area contributed by atoms with Crippen LogP contribution in [0.5, 0.6) is 0 Å². The van der Waals surface area contributed by atoms with Crippen LogP contribution >= 0.6 is 0 Å². The Hall–Kier alpha value is -2.98. The number of aromatic nitrogens is 3. The fraction of sp³-hybridized carbons (Fsp3) is 0.235. The highest BCUT2D eigenvalue weighted by Gasteiger charge is 2.23. The van der Waals surface area contributed by atoms with Crippen LogP contribution in [0.1, 0.15) is 10.4 Å². The summed E-state index contributed by atoms with van der Waals surface area (Å²) in [6, 6.07) is 9.51. The van der Waals surface area contributed by atoms with Gasteiger partial charge in [-0.2, -0.15) is 0 Å². The highest BCUT2D eigenvalue weighted by atomic mass is 32.2. The van der Waals surface area contributed by atoms with E-state index >= 15 is 0 Å². The fourth-order valence-electron chi connectivity index (χ4n) is 3.08. The number of hydrogen-bond donors (Lipinski definition) is 1. The van der Waals surface area contributed by atoms with Crippen LogP contribution in [0, 0.1) is 0 Å². The lowest BCUT2D eigenvalue weighted by Crippen LogP contribution is -2.49. The second-order valence-corrected chi connectivity index (χ2v) is 7.83. The molecule has 0 aliphatic carbocycles. The van der Waals surface area contributed by atoms with Crippen molar-refractivity contribution in [3.05, 3.63) is 54.4 Å². The fourth-order valence-corrected chi connectivity index (χ4v) is 3.60. The summed E-state index contributed by atoms with van der Waals surface area (Å²) in [5.74, 6) is 0.707. The molecule has 0 saturated carbocycles. The van der Waals surface area contributed by atoms with Crippen LogP contribution in [0.4, 0.5) is 5.82 Å². The number of imidazole rings is 1. The second-order valence-electron chi connectivity index (χ2n) is 6.27. The van der Waals surface area contributed by atoms with Gasteiger partial charge in [0.1, 0.15) is 5.82 Å². The van der Waals surface area contributed by atoms with Gasteiger partial charge in [-0.1, -0.05) is 0 Å². The van der Waals surface area contributed by atoms with Gasteiger partial charge in [0.2, 0.25) is 10.0 Å². The molecule has 2 N–H and O–H groups in total. The van der Waals surface area contributed by atoms with Crippen molar-refractivity contribution in [2.75, 3.05) is 31.1 Å². The Balaban J connectivity index is 1.43. The molecule has 0 atom stereocenters. The molecule has 0 bridgehead atoms. The maximum absolute atomic E-state index is 12.6. The van der Waals surface area contributed by atoms with Crippen LogP contribution in [-0.4, -0.2) is 60.0 Å². The molecule has 2 aromatic heterocycles. The number of carbonyl (C=O) groups is 1. The molecule has 0 spiro atoms. The standard InChI is InChI=1S/C17H18N6O3S/c18-27(25,26)14-3-1-13(2-4-14)17(24)22-11-9-21(10-12-22)16-6-5-15-19-7-8-23(15)20-16/h1-8H,9-12H2,(H2,18,25,26). The van der Waals surface area contributed by atoms with Gasteiger partial charge >= 0.3 is 0 Å². The zero-order valence-electron chi connectivity index (χ0n) is 14.4. The van der Waals surface area contributed by atoms with E-state index in [1.807, 2.05) is 12.1 Å². The molecule has 0 unspecified atom stereocenters. The van der Waals surface area contributed by atoms with Gasteiger partial charge in [-0.05, 0) is 36.4 Å². The SMILES string of the molecule is NS(=O)(=O)c1ccc(C(=O)N2CCN(c3ccc4nccn4n3)CC2)cc1. The molecular weight excluding hydrogens is 368 g/mol. The molecule has 1 amide bonds. The minimum absolute atomic E-state index is 0.00941. The number of hydrogen-bond acceptors (Lipinski definition) is 6. The number of fused-ring (bicyclic) bond motifs is 1. The zero-order valence-corrected chi connectivity index (χ0v) is 15.2. The number of nitrogens with two attached hydrogens (primary N) is 1. The molecular formula is C17H18N6O3S. The van der Waals surface area contributed by atoms with Crippen molar-refractivity contribution in [3.63, 3.8) is 0 Å². The number of sulfonamides is 1. The molecule has 4 rings (SSSR count). The highest BCUT2D eigenvalue weighted by molar-refractivity contribution is 7.89. The van der Waals surface area contributed by atoms with E-state index in [1.165, 1.54) is 24.3 Å². The van der Waals surface area contributed by atoms with E-state index in [0.717, 1.165) is 11.5 Å². The minimum atomic E-state index is -3.76. The molecule has 1 aliphatic heterocycles. The summed E-state index contributed by atoms with van der Waals surface area (Å²) in [6.45, 7) is 2.43. The molecule has 1 fully saturated rings. The summed E-state index contributed by atoms with van der Waals surface area (Å²) in [7, 11) is -3.76. The van der Waals surface area contributed by atoms with Crippen LogP contribution in [0.25, 0.3) is 5.65 Å². The van der Waals surface area contributed by atoms with Gasteiger partial charge in [0.25, 0.3) is 5.91 Å². The summed E-state index contributed by atoms with van der Waals surface area (Å²) in [6.07, 6.45) is 3.49. The number of benzene rings is 1. The van der Waals surface area contributed by atoms with Gasteiger partial charge in [-0.15, -0.1) is 5.10 Å². The molecule has 1 saturated heterocycles. The first kappa shape index (κ1) is 17.4. The van der Waals surface area contributed by atoms with Crippen molar-refractivity contribution in [1.82, 2.24) is 19.5 Å². The predicted octanol–water partition coefficient (Wildman–Crippen LogP) is 0.339. The monoisotopic (exact) mass is 386 g/mol. The number of nitrogens with zero attached hydrogens (tertiary/aromatic N) is 5. The molecule has 0 radical (unpaired) electrons. The normalized spacial score (nSPS) is 15.3. The number of primary sulfonamides is 1. The lowest BCUT2D eigenvalue weighted by Gasteiger charge is -2.35. The highest BCUT2D eigenvalue weighted by Crippen LogP contribution is 2.16. The summed E-state index contributed by atoms with van der Waals surface area (Å²) in [5.41, 5.74) is 1.23. The van der Waals surface area contributed by atoms with E-state index in [-0.39, 0.29) is 10.8 Å². The van der Waals surface area contributed by atoms with E-state index < -0.39 is 10.0 Å². The van der Waals surface area contributed by atoms with Crippen LogP contribution in [0.2, 0.25) is 0 Å². The van der Waals surface area contributed by atoms with Gasteiger partial charge in [-0.25, -0.2) is 23.1 Å². The summed E-state index contributed by atoms with van der Waals surface area (Å²) in [5, 5.41) is 9.61. The van der Waals surface area contributed by atoms with Crippen molar-refractivity contribution in [1.29, 1.82) is 0 Å². The first-order chi connectivity index (χ1) is 12.9. The van der Waals surface area contributed by atoms with Crippen LogP contribution in [0.3, 0.4) is 0 Å². The minimum Gasteiger partial charge on any atom is -0.352 e. The van der Waals surface area contributed by atoms with Crippen molar-refractivity contribution in [2.45, 2.75) is 4.90 Å². The Morgan fingerprint density at radius 3 is 2.37 bits per heavy atom. The first-order valence-electron chi connectivity index (χ1n) is 8.39. The van der Waals surface area contributed by atoms with Gasteiger partial charge in [-0.3, -0.25) is 4.79 Å². The molecule has 10 heteroatoms. The third-order valence-electron chi connectivity index (χ3n) is 4.56. The summed E-state index contributed by atoms with van der Waals surface area (Å²) < 4.78 is 24.4. The molecule has 1 aromatic carbocycles. The quantitative estimate of drug-likeness (QED) is 0.694. The van der Waals surface area contributed by atoms with E-state index in [1.54, 1.807) is 21.8 Å². The number of piperazine rings is 1. The Morgan fingerprint density at radius 2 is 1.70 bits per heavy atom. The van der Waals surface area contributed by atoms with Crippen LogP contribution in [0.15, 0.2) is 53.7 Å². The Morgan fingerprint density at radius 1 is 1.00 bits per heavy atom. The van der Waals surface area contributed by atoms with Crippen LogP contribution in [-0.2, 0) is 10.0 Å². The Kier molecular flexibility index (Phi) is 4.28. The zero-order chi connectivity index (χ0) is 19.0. The average molecular weight is 386 g/mol. The van der Waals surface area contributed by atoms with Gasteiger partial charge in [0, 0.05) is 44.1 Å². The second kappa shape index (κ2) is 6.63. The Bertz CT molecular complexity index is 1090. The van der Waals surface area contributed by atoms with Crippen molar-refractivity contribution in [3.8, 4) is 0 Å². The number of rotatable bonds is 3. The summed E-state index contributed by atoms with van der Waals surface area (Å²) in [4.78, 5) is 20.7. The van der Waals surface area contributed by atoms with Crippen molar-refractivity contribution in [2.24, 2.45) is 5.14 Å². The van der Waals surface area contributed by atoms with Crippen LogP contribution < -0.4 is 10.0 Å². The lowest BCUT2D eigenvalue weighted by atomic mass is 10.2. The van der Waals surface area contributed by atoms with Crippen molar-refractivity contribution < 1.29 is 13.2 Å². The number of carbonyl (C=O) groups excluding carboxylic acids is 1. The number of anilines is 1. The van der Waals surface area contributed by atoms with Gasteiger partial charge in [0.15, 0.2) is 5.65 Å². The van der Waals surface area contributed by atoms with E-state index in [4.69, 9.17) is 5.14 Å². The first-order valence-corrected chi connectivity index (χ1v) is 9.94. The molecule has 3 heterocycles. The molecule has 9 nitrogen and oxygen atoms in total. The molecule has 140 valence electrons. The third-order valence-corrected chi connectivity index (χ3v) is 5.49. The third kappa shape index (κ3) is 3.49. The Labute approximate surface area is 156 Å². The lowest BCUT2D eigenvalue weighted by molar-refractivity contribution is 0.0746. The van der Waals surface area contributed by atoms with E-state index in [2.05, 4.69) is 15.0 Å². The smallest absolute Gasteiger partial charge is 0.253 e. The molecule has 27 heavy (non-hydrogen) atoms. The average Bonchev–Trinajstić information content (AvgIpc) is 3.15. The maximum atomic E-state index is 12.6. The van der Waals surface area contributed by atoms with E-state index in [0.29, 0.717) is 31.7 Å². The van der Waals surface area contributed by atoms with Gasteiger partial charge < -0.3 is 9.80 Å². The van der Waals surface area contributed by atoms with Crippen molar-refractivity contribution >= 4 is 27.4 Å². The predicted molar refractivity (Wildman–Crippen MR) is 98.9 cm³/mol. The maximum Gasteiger partial charge on any atom is 0.253 e. The van der Waals surface area contributed by atoms with E-state index in [9.17, 15) is 13.2 Å². The van der Waals surface area contributed by atoms with Gasteiger partial charge in [0.05, 0.1) is 4.90 Å². The molecule has 3 aromatic rings. The largest absolute Gasteiger partial charge is 0.352 e. The summed E-state index contributed by atoms with van der Waals surface area (Å²) >= 11 is 0. The molecule has 1 aliphatic rings. The number of amides is 1. The topological polar surface area (TPSA) is 114 Å².